The van der Waals surface area contributed by atoms with E-state index >= 15 is 0 Å². The van der Waals surface area contributed by atoms with E-state index in [1.807, 2.05) is 0 Å². The number of hydrogen-bond acceptors (Lipinski definition) is 5. The van der Waals surface area contributed by atoms with Crippen molar-refractivity contribution in [1.82, 2.24) is 0 Å². The van der Waals surface area contributed by atoms with Crippen molar-refractivity contribution in [1.29, 1.82) is 10.5 Å². The highest BCUT2D eigenvalue weighted by Gasteiger charge is 1.93. The van der Waals surface area contributed by atoms with E-state index in [-0.39, 0.29) is 0 Å². The summed E-state index contributed by atoms with van der Waals surface area (Å²) in [5.41, 5.74) is 0. The third kappa shape index (κ3) is 148. The Labute approximate surface area is 77.5 Å². The first-order valence-electron chi connectivity index (χ1n) is 3.26. The maximum Gasteiger partial charge on any atom is 0.310 e. The van der Waals surface area contributed by atoms with E-state index in [0.717, 1.165) is 0 Å². The van der Waals surface area contributed by atoms with E-state index in [4.69, 9.17) is 10.5 Å². The third-order valence-corrected chi connectivity index (χ3v) is 0.287. The van der Waals surface area contributed by atoms with Crippen molar-refractivity contribution < 1.29 is 14.3 Å². The van der Waals surface area contributed by atoms with Crippen LogP contribution in [0.3, 0.4) is 0 Å². The Kier molecular flexibility index (Phi) is 22.1. The fourth-order valence-electron chi connectivity index (χ4n) is 0.202. The quantitative estimate of drug-likeness (QED) is 0.416. The molecule has 0 aromatic heterocycles. The average molecular weight is 184 g/mol. The molecule has 0 bridgehead atoms. The highest BCUT2D eigenvalue weighted by atomic mass is 16.6. The monoisotopic (exact) mass is 184 g/mol. The lowest BCUT2D eigenvalue weighted by Gasteiger charge is -1.87. The van der Waals surface area contributed by atoms with Crippen molar-refractivity contribution in [3.63, 3.8) is 0 Å². The first kappa shape index (κ1) is 17.3. The predicted molar refractivity (Wildman–Crippen MR) is 45.0 cm³/mol. The van der Waals surface area contributed by atoms with Gasteiger partial charge in [-0.2, -0.15) is 10.5 Å². The van der Waals surface area contributed by atoms with Crippen LogP contribution in [0.15, 0.2) is 0 Å². The minimum absolute atomic E-state index is 0.562. The summed E-state index contributed by atoms with van der Waals surface area (Å²) in [5, 5.41) is 14.6. The molecule has 0 rings (SSSR count). The molecule has 0 aromatic rings. The Bertz CT molecular complexity index is 199. The highest BCUT2D eigenvalue weighted by Crippen LogP contribution is 1.73. The lowest BCUT2D eigenvalue weighted by molar-refractivity contribution is -0.156. The molecule has 0 amide bonds. The molecule has 0 radical (unpaired) electrons. The molecule has 0 aromatic carbocycles. The second kappa shape index (κ2) is 16.6. The number of esters is 2. The van der Waals surface area contributed by atoms with Crippen LogP contribution in [0.2, 0.25) is 0 Å². The van der Waals surface area contributed by atoms with Crippen molar-refractivity contribution >= 4 is 11.9 Å². The molecule has 0 saturated heterocycles. The van der Waals surface area contributed by atoms with E-state index < -0.39 is 11.9 Å². The summed E-state index contributed by atoms with van der Waals surface area (Å²) in [4.78, 5) is 19.6. The Hall–Kier alpha value is -1.88. The predicted octanol–water partition coefficient (Wildman–Crippen LogP) is 1.16. The molecule has 0 atom stereocenters. The van der Waals surface area contributed by atoms with Gasteiger partial charge >= 0.3 is 11.9 Å². The summed E-state index contributed by atoms with van der Waals surface area (Å²) in [6, 6.07) is 3.50. The van der Waals surface area contributed by atoms with Crippen LogP contribution < -0.4 is 0 Å². The molecule has 0 unspecified atom stereocenters. The molecular formula is C8H12N2O3. The van der Waals surface area contributed by atoms with Gasteiger partial charge in [-0.05, 0) is 0 Å². The molecule has 5 nitrogen and oxygen atoms in total. The first-order valence-corrected chi connectivity index (χ1v) is 3.26. The molecule has 72 valence electrons. The van der Waals surface area contributed by atoms with Crippen LogP contribution >= 0.6 is 0 Å². The molecule has 0 aliphatic heterocycles. The third-order valence-electron chi connectivity index (χ3n) is 0.287. The fourth-order valence-corrected chi connectivity index (χ4v) is 0.202. The van der Waals surface area contributed by atoms with Gasteiger partial charge in [-0.3, -0.25) is 9.59 Å². The minimum Gasteiger partial charge on any atom is -0.394 e. The lowest BCUT2D eigenvalue weighted by atomic mass is 10.7. The summed E-state index contributed by atoms with van der Waals surface area (Å²) >= 11 is 0. The van der Waals surface area contributed by atoms with E-state index in [9.17, 15) is 9.59 Å². The van der Waals surface area contributed by atoms with E-state index in [1.165, 1.54) is 27.7 Å². The standard InChI is InChI=1S/C4H6O3.2C2H3N/c1-3(5)7-4(2)6;2*1-2-3/h1-2H3;2*1H3. The normalized spacial score (nSPS) is 5.38. The van der Waals surface area contributed by atoms with Crippen LogP contribution in [-0.2, 0) is 14.3 Å². The van der Waals surface area contributed by atoms with Crippen molar-refractivity contribution in [3.8, 4) is 12.1 Å². The molecule has 0 spiro atoms. The van der Waals surface area contributed by atoms with Crippen molar-refractivity contribution in [2.24, 2.45) is 0 Å². The Morgan fingerprint density at radius 3 is 1.15 bits per heavy atom. The second-order valence-corrected chi connectivity index (χ2v) is 1.53. The molecule has 0 heterocycles. The van der Waals surface area contributed by atoms with Crippen molar-refractivity contribution in [2.75, 3.05) is 0 Å². The van der Waals surface area contributed by atoms with Crippen LogP contribution in [0, 0.1) is 22.7 Å². The molecule has 13 heavy (non-hydrogen) atoms. The Balaban J connectivity index is -0.000000140. The number of rotatable bonds is 0. The van der Waals surface area contributed by atoms with Gasteiger partial charge in [-0.25, -0.2) is 0 Å². The topological polar surface area (TPSA) is 91.0 Å². The minimum atomic E-state index is -0.562. The van der Waals surface area contributed by atoms with Gasteiger partial charge in [-0.1, -0.05) is 0 Å². The van der Waals surface area contributed by atoms with E-state index in [0.29, 0.717) is 0 Å². The summed E-state index contributed by atoms with van der Waals surface area (Å²) in [6.45, 7) is 5.22. The lowest BCUT2D eigenvalue weighted by Crippen LogP contribution is -2.03. The van der Waals surface area contributed by atoms with Gasteiger partial charge in [0.25, 0.3) is 0 Å². The van der Waals surface area contributed by atoms with Gasteiger partial charge < -0.3 is 4.74 Å². The fraction of sp³-hybridized carbons (Fsp3) is 0.500. The molecule has 0 aliphatic carbocycles. The van der Waals surface area contributed by atoms with Crippen molar-refractivity contribution in [3.05, 3.63) is 0 Å². The maximum atomic E-state index is 9.81. The van der Waals surface area contributed by atoms with Crippen molar-refractivity contribution in [2.45, 2.75) is 27.7 Å². The molecular weight excluding hydrogens is 172 g/mol. The van der Waals surface area contributed by atoms with Crippen LogP contribution in [0.4, 0.5) is 0 Å². The zero-order valence-electron chi connectivity index (χ0n) is 8.12. The van der Waals surface area contributed by atoms with Crippen LogP contribution in [-0.4, -0.2) is 11.9 Å². The SMILES string of the molecule is CC#N.CC#N.CC(=O)OC(C)=O. The van der Waals surface area contributed by atoms with Crippen LogP contribution in [0.25, 0.3) is 0 Å². The Morgan fingerprint density at radius 2 is 1.15 bits per heavy atom. The average Bonchev–Trinajstić information content (AvgIpc) is 1.86. The maximum absolute atomic E-state index is 9.81. The van der Waals surface area contributed by atoms with Gasteiger partial charge in [0.15, 0.2) is 0 Å². The largest absolute Gasteiger partial charge is 0.394 e. The molecule has 5 heteroatoms. The number of carbonyl (C=O) groups is 2. The first-order chi connectivity index (χ1) is 5.95. The van der Waals surface area contributed by atoms with E-state index in [1.54, 1.807) is 12.1 Å². The number of nitriles is 2. The summed E-state index contributed by atoms with van der Waals surface area (Å²) in [6.07, 6.45) is 0. The van der Waals surface area contributed by atoms with E-state index in [2.05, 4.69) is 4.74 Å². The second-order valence-electron chi connectivity index (χ2n) is 1.53. The van der Waals surface area contributed by atoms with Gasteiger partial charge in [0.2, 0.25) is 0 Å². The van der Waals surface area contributed by atoms with Gasteiger partial charge in [0.05, 0.1) is 12.1 Å². The molecule has 0 saturated carbocycles. The molecule has 0 aliphatic rings. The number of ether oxygens (including phenoxy) is 1. The van der Waals surface area contributed by atoms with Gasteiger partial charge in [-0.15, -0.1) is 0 Å². The van der Waals surface area contributed by atoms with Gasteiger partial charge in [0.1, 0.15) is 0 Å². The van der Waals surface area contributed by atoms with Crippen LogP contribution in [0.5, 0.6) is 0 Å². The summed E-state index contributed by atoms with van der Waals surface area (Å²) < 4.78 is 3.97. The highest BCUT2D eigenvalue weighted by molar-refractivity contribution is 5.82. The van der Waals surface area contributed by atoms with Gasteiger partial charge in [0, 0.05) is 27.7 Å². The summed E-state index contributed by atoms with van der Waals surface area (Å²) in [7, 11) is 0. The zero-order valence-corrected chi connectivity index (χ0v) is 8.12. The Morgan fingerprint density at radius 1 is 1.00 bits per heavy atom. The zero-order chi connectivity index (χ0) is 11.3. The molecule has 0 fully saturated rings. The van der Waals surface area contributed by atoms with Crippen LogP contribution in [0.1, 0.15) is 27.7 Å². The smallest absolute Gasteiger partial charge is 0.310 e. The summed E-state index contributed by atoms with van der Waals surface area (Å²) in [5.74, 6) is -1.12. The molecule has 0 N–H and O–H groups in total. The number of hydrogen-bond donors (Lipinski definition) is 0. The number of nitrogens with zero attached hydrogens (tertiary/aromatic N) is 2. The number of carbonyl (C=O) groups excluding carboxylic acids is 2.